The molecule has 2 aromatic rings. The van der Waals surface area contributed by atoms with Gasteiger partial charge in [0.1, 0.15) is 5.25 Å². The Bertz CT molecular complexity index is 675. The average molecular weight is 336 g/mol. The van der Waals surface area contributed by atoms with E-state index in [0.717, 1.165) is 11.3 Å². The maximum Gasteiger partial charge on any atom is 0.242 e. The number of anilines is 1. The van der Waals surface area contributed by atoms with E-state index in [-0.39, 0.29) is 5.91 Å². The standard InChI is InChI=1S/C17H18ClNO2S/c1-13(17(20)19(2)16-9-4-3-5-10-16)22(21)12-14-7-6-8-15(18)11-14/h3-11,13H,12H2,1-2H3/t13-,22+/m1/s1. The third kappa shape index (κ3) is 4.18. The molecular weight excluding hydrogens is 318 g/mol. The Morgan fingerprint density at radius 2 is 1.86 bits per heavy atom. The van der Waals surface area contributed by atoms with Crippen molar-refractivity contribution in [3.63, 3.8) is 0 Å². The molecule has 0 saturated heterocycles. The lowest BCUT2D eigenvalue weighted by Gasteiger charge is -2.21. The summed E-state index contributed by atoms with van der Waals surface area (Å²) in [6.07, 6.45) is 0. The minimum atomic E-state index is -1.30. The summed E-state index contributed by atoms with van der Waals surface area (Å²) in [6, 6.07) is 16.6. The van der Waals surface area contributed by atoms with E-state index >= 15 is 0 Å². The molecule has 116 valence electrons. The van der Waals surface area contributed by atoms with Gasteiger partial charge in [0.25, 0.3) is 0 Å². The zero-order chi connectivity index (χ0) is 16.1. The fourth-order valence-electron chi connectivity index (χ4n) is 2.08. The summed E-state index contributed by atoms with van der Waals surface area (Å²) in [7, 11) is 0.401. The molecule has 22 heavy (non-hydrogen) atoms. The number of carbonyl (C=O) groups is 1. The molecular formula is C17H18ClNO2S. The highest BCUT2D eigenvalue weighted by molar-refractivity contribution is 7.85. The van der Waals surface area contributed by atoms with Gasteiger partial charge in [-0.2, -0.15) is 0 Å². The van der Waals surface area contributed by atoms with E-state index in [1.807, 2.05) is 42.5 Å². The molecule has 0 saturated carbocycles. The molecule has 1 amide bonds. The maximum absolute atomic E-state index is 12.4. The first-order valence-corrected chi connectivity index (χ1v) is 8.69. The molecule has 2 atom stereocenters. The van der Waals surface area contributed by atoms with Crippen LogP contribution in [-0.2, 0) is 21.3 Å². The van der Waals surface area contributed by atoms with Crippen LogP contribution in [0, 0.1) is 0 Å². The van der Waals surface area contributed by atoms with Crippen molar-refractivity contribution in [2.24, 2.45) is 0 Å². The Labute approximate surface area is 138 Å². The van der Waals surface area contributed by atoms with E-state index in [0.29, 0.717) is 10.8 Å². The molecule has 0 bridgehead atoms. The molecule has 3 nitrogen and oxygen atoms in total. The second kappa shape index (κ2) is 7.56. The minimum absolute atomic E-state index is 0.161. The topological polar surface area (TPSA) is 37.4 Å². The molecule has 0 aliphatic carbocycles. The van der Waals surface area contributed by atoms with Gasteiger partial charge in [-0.05, 0) is 36.8 Å². The van der Waals surface area contributed by atoms with Crippen LogP contribution in [0.3, 0.4) is 0 Å². The van der Waals surface area contributed by atoms with Crippen LogP contribution in [0.4, 0.5) is 5.69 Å². The second-order valence-electron chi connectivity index (χ2n) is 5.03. The summed E-state index contributed by atoms with van der Waals surface area (Å²) in [4.78, 5) is 14.0. The van der Waals surface area contributed by atoms with Gasteiger partial charge >= 0.3 is 0 Å². The Morgan fingerprint density at radius 1 is 1.18 bits per heavy atom. The van der Waals surface area contributed by atoms with Crippen LogP contribution in [0.15, 0.2) is 54.6 Å². The van der Waals surface area contributed by atoms with Crippen LogP contribution in [0.2, 0.25) is 5.02 Å². The largest absolute Gasteiger partial charge is 0.314 e. The molecule has 2 aromatic carbocycles. The number of nitrogens with zero attached hydrogens (tertiary/aromatic N) is 1. The van der Waals surface area contributed by atoms with E-state index in [9.17, 15) is 9.00 Å². The minimum Gasteiger partial charge on any atom is -0.314 e. The number of carbonyl (C=O) groups excluding carboxylic acids is 1. The first kappa shape index (κ1) is 16.7. The summed E-state index contributed by atoms with van der Waals surface area (Å²) >= 11 is 5.93. The number of benzene rings is 2. The molecule has 0 aliphatic rings. The second-order valence-corrected chi connectivity index (χ2v) is 7.22. The first-order valence-electron chi connectivity index (χ1n) is 6.93. The van der Waals surface area contributed by atoms with Crippen LogP contribution in [0.1, 0.15) is 12.5 Å². The molecule has 5 heteroatoms. The van der Waals surface area contributed by atoms with Crippen LogP contribution in [-0.4, -0.2) is 22.4 Å². The van der Waals surface area contributed by atoms with Crippen LogP contribution >= 0.6 is 11.6 Å². The summed E-state index contributed by atoms with van der Waals surface area (Å²) in [5, 5.41) is 0.0269. The number of amides is 1. The fraction of sp³-hybridized carbons (Fsp3) is 0.235. The van der Waals surface area contributed by atoms with Crippen molar-refractivity contribution in [3.8, 4) is 0 Å². The van der Waals surface area contributed by atoms with Crippen molar-refractivity contribution < 1.29 is 9.00 Å². The highest BCUT2D eigenvalue weighted by Crippen LogP contribution is 2.17. The van der Waals surface area contributed by atoms with Gasteiger partial charge in [-0.1, -0.05) is 41.9 Å². The van der Waals surface area contributed by atoms with Gasteiger partial charge < -0.3 is 4.90 Å². The van der Waals surface area contributed by atoms with Gasteiger partial charge in [0.15, 0.2) is 0 Å². The van der Waals surface area contributed by atoms with Crippen LogP contribution < -0.4 is 4.90 Å². The van der Waals surface area contributed by atoms with E-state index in [1.54, 1.807) is 31.0 Å². The third-order valence-electron chi connectivity index (χ3n) is 3.41. The number of hydrogen-bond acceptors (Lipinski definition) is 2. The Balaban J connectivity index is 2.05. The Kier molecular flexibility index (Phi) is 5.75. The molecule has 0 aromatic heterocycles. The molecule has 0 heterocycles. The summed E-state index contributed by atoms with van der Waals surface area (Å²) < 4.78 is 12.4. The quantitative estimate of drug-likeness (QED) is 0.836. The normalized spacial score (nSPS) is 13.4. The van der Waals surface area contributed by atoms with Gasteiger partial charge in [0, 0.05) is 34.3 Å². The zero-order valence-corrected chi connectivity index (χ0v) is 14.1. The zero-order valence-electron chi connectivity index (χ0n) is 12.5. The fourth-order valence-corrected chi connectivity index (χ4v) is 3.43. The van der Waals surface area contributed by atoms with Crippen molar-refractivity contribution in [2.75, 3.05) is 11.9 Å². The number of halogens is 1. The monoisotopic (exact) mass is 335 g/mol. The molecule has 0 aliphatic heterocycles. The van der Waals surface area contributed by atoms with Crippen LogP contribution in [0.25, 0.3) is 0 Å². The molecule has 0 spiro atoms. The van der Waals surface area contributed by atoms with Crippen molar-refractivity contribution in [2.45, 2.75) is 17.9 Å². The molecule has 0 unspecified atom stereocenters. The lowest BCUT2D eigenvalue weighted by Crippen LogP contribution is -2.37. The SMILES string of the molecule is C[C@H](C(=O)N(C)c1ccccc1)[S@@](=O)Cc1cccc(Cl)c1. The average Bonchev–Trinajstić information content (AvgIpc) is 2.53. The first-order chi connectivity index (χ1) is 10.5. The predicted molar refractivity (Wildman–Crippen MR) is 92.6 cm³/mol. The highest BCUT2D eigenvalue weighted by atomic mass is 35.5. The number of para-hydroxylation sites is 1. The van der Waals surface area contributed by atoms with E-state index in [1.165, 1.54) is 0 Å². The smallest absolute Gasteiger partial charge is 0.242 e. The molecule has 0 N–H and O–H groups in total. The van der Waals surface area contributed by atoms with Crippen LogP contribution in [0.5, 0.6) is 0 Å². The van der Waals surface area contributed by atoms with Gasteiger partial charge in [-0.25, -0.2) is 0 Å². The van der Waals surface area contributed by atoms with Gasteiger partial charge in [0.05, 0.1) is 0 Å². The third-order valence-corrected chi connectivity index (χ3v) is 5.26. The van der Waals surface area contributed by atoms with Crippen molar-refractivity contribution in [1.29, 1.82) is 0 Å². The van der Waals surface area contributed by atoms with Gasteiger partial charge in [0.2, 0.25) is 5.91 Å². The van der Waals surface area contributed by atoms with E-state index < -0.39 is 16.0 Å². The number of hydrogen-bond donors (Lipinski definition) is 0. The highest BCUT2D eigenvalue weighted by Gasteiger charge is 2.24. The molecule has 2 rings (SSSR count). The Hall–Kier alpha value is -1.65. The molecule has 0 fully saturated rings. The van der Waals surface area contributed by atoms with Gasteiger partial charge in [-0.15, -0.1) is 0 Å². The van der Waals surface area contributed by atoms with E-state index in [4.69, 9.17) is 11.6 Å². The van der Waals surface area contributed by atoms with Crippen molar-refractivity contribution in [3.05, 3.63) is 65.2 Å². The summed E-state index contributed by atoms with van der Waals surface area (Å²) in [5.74, 6) is 0.155. The predicted octanol–water partition coefficient (Wildman–Crippen LogP) is 3.64. The van der Waals surface area contributed by atoms with Gasteiger partial charge in [-0.3, -0.25) is 9.00 Å². The maximum atomic E-state index is 12.4. The van der Waals surface area contributed by atoms with E-state index in [2.05, 4.69) is 0 Å². The van der Waals surface area contributed by atoms with Crippen molar-refractivity contribution >= 4 is 34.0 Å². The van der Waals surface area contributed by atoms with Crippen molar-refractivity contribution in [1.82, 2.24) is 0 Å². The summed E-state index contributed by atoms with van der Waals surface area (Å²) in [5.41, 5.74) is 1.66. The Morgan fingerprint density at radius 3 is 2.50 bits per heavy atom. The number of rotatable bonds is 5. The molecule has 0 radical (unpaired) electrons. The lowest BCUT2D eigenvalue weighted by atomic mass is 10.2. The lowest BCUT2D eigenvalue weighted by molar-refractivity contribution is -0.117. The summed E-state index contributed by atoms with van der Waals surface area (Å²) in [6.45, 7) is 1.70.